The molecule has 0 radical (unpaired) electrons. The normalized spacial score (nSPS) is 17.8. The molecule has 19 heavy (non-hydrogen) atoms. The van der Waals surface area contributed by atoms with E-state index in [9.17, 15) is 4.79 Å². The lowest BCUT2D eigenvalue weighted by molar-refractivity contribution is 0.0950. The molecular formula is C15H15NO2S. The second kappa shape index (κ2) is 5.13. The van der Waals surface area contributed by atoms with Gasteiger partial charge in [-0.25, -0.2) is 0 Å². The maximum Gasteiger partial charge on any atom is 0.185 e. The number of ketones is 1. The first kappa shape index (κ1) is 12.4. The molecule has 2 aromatic rings. The van der Waals surface area contributed by atoms with Crippen molar-refractivity contribution in [1.29, 1.82) is 0 Å². The van der Waals surface area contributed by atoms with Gasteiger partial charge in [-0.3, -0.25) is 9.78 Å². The number of rotatable bonds is 3. The van der Waals surface area contributed by atoms with E-state index in [1.807, 2.05) is 17.5 Å². The number of hydrogen-bond donors (Lipinski definition) is 0. The van der Waals surface area contributed by atoms with Crippen molar-refractivity contribution in [2.24, 2.45) is 0 Å². The van der Waals surface area contributed by atoms with Gasteiger partial charge >= 0.3 is 0 Å². The molecule has 1 unspecified atom stereocenters. The van der Waals surface area contributed by atoms with E-state index in [1.165, 1.54) is 16.9 Å². The van der Waals surface area contributed by atoms with Crippen LogP contribution in [0.15, 0.2) is 29.8 Å². The van der Waals surface area contributed by atoms with E-state index in [0.29, 0.717) is 10.6 Å². The molecule has 4 heteroatoms. The van der Waals surface area contributed by atoms with Gasteiger partial charge in [0.05, 0.1) is 18.7 Å². The van der Waals surface area contributed by atoms with Crippen molar-refractivity contribution in [3.63, 3.8) is 0 Å². The highest BCUT2D eigenvalue weighted by Gasteiger charge is 2.30. The minimum absolute atomic E-state index is 0.113. The number of nitrogens with zero attached hydrogens (tertiary/aromatic N) is 1. The number of Topliss-reactive ketones (excluding diaryl/α,β-unsaturated/α-hetero) is 1. The molecular weight excluding hydrogens is 258 g/mol. The Labute approximate surface area is 116 Å². The van der Waals surface area contributed by atoms with Gasteiger partial charge in [0.25, 0.3) is 0 Å². The molecule has 0 saturated heterocycles. The molecule has 0 aliphatic heterocycles. The Morgan fingerprint density at radius 2 is 2.37 bits per heavy atom. The maximum absolute atomic E-state index is 12.7. The Kier molecular flexibility index (Phi) is 3.34. The molecule has 1 aliphatic rings. The molecule has 0 saturated carbocycles. The smallest absolute Gasteiger partial charge is 0.185 e. The number of pyridine rings is 1. The number of carbonyl (C=O) groups is 1. The van der Waals surface area contributed by atoms with Gasteiger partial charge in [0.15, 0.2) is 5.78 Å². The first-order chi connectivity index (χ1) is 9.31. The van der Waals surface area contributed by atoms with Crippen LogP contribution in [0.25, 0.3) is 0 Å². The van der Waals surface area contributed by atoms with Crippen molar-refractivity contribution in [2.75, 3.05) is 7.11 Å². The van der Waals surface area contributed by atoms with E-state index < -0.39 is 0 Å². The van der Waals surface area contributed by atoms with Crippen LogP contribution in [-0.4, -0.2) is 17.9 Å². The summed E-state index contributed by atoms with van der Waals surface area (Å²) in [4.78, 5) is 17.8. The van der Waals surface area contributed by atoms with Crippen LogP contribution in [0.2, 0.25) is 0 Å². The van der Waals surface area contributed by atoms with Gasteiger partial charge in [0, 0.05) is 6.20 Å². The zero-order valence-electron chi connectivity index (χ0n) is 10.8. The molecule has 0 fully saturated rings. The second-order valence-electron chi connectivity index (χ2n) is 4.67. The van der Waals surface area contributed by atoms with Crippen molar-refractivity contribution in [3.05, 3.63) is 45.9 Å². The molecule has 0 amide bonds. The van der Waals surface area contributed by atoms with Crippen LogP contribution in [0.4, 0.5) is 0 Å². The van der Waals surface area contributed by atoms with Gasteiger partial charge < -0.3 is 4.74 Å². The van der Waals surface area contributed by atoms with E-state index in [1.54, 1.807) is 13.3 Å². The molecule has 1 atom stereocenters. The fourth-order valence-electron chi connectivity index (χ4n) is 2.66. The van der Waals surface area contributed by atoms with E-state index in [-0.39, 0.29) is 11.7 Å². The zero-order valence-corrected chi connectivity index (χ0v) is 11.6. The van der Waals surface area contributed by atoms with Gasteiger partial charge in [0.1, 0.15) is 10.6 Å². The van der Waals surface area contributed by atoms with E-state index >= 15 is 0 Å². The molecule has 3 rings (SSSR count). The quantitative estimate of drug-likeness (QED) is 0.804. The number of fused-ring (bicyclic) bond motifs is 1. The van der Waals surface area contributed by atoms with Gasteiger partial charge in [-0.05, 0) is 42.3 Å². The minimum atomic E-state index is -0.113. The van der Waals surface area contributed by atoms with Crippen molar-refractivity contribution in [1.82, 2.24) is 4.98 Å². The monoisotopic (exact) mass is 273 g/mol. The van der Waals surface area contributed by atoms with Crippen LogP contribution in [0.5, 0.6) is 5.75 Å². The van der Waals surface area contributed by atoms with Gasteiger partial charge in [-0.1, -0.05) is 6.07 Å². The third-order valence-corrected chi connectivity index (χ3v) is 4.49. The first-order valence-corrected chi connectivity index (χ1v) is 7.28. The van der Waals surface area contributed by atoms with Crippen LogP contribution < -0.4 is 4.74 Å². The SMILES string of the molecule is COc1ccsc1C(=O)C1CCCc2cccnc21. The molecule has 2 heterocycles. The Morgan fingerprint density at radius 1 is 1.47 bits per heavy atom. The van der Waals surface area contributed by atoms with E-state index in [2.05, 4.69) is 11.1 Å². The summed E-state index contributed by atoms with van der Waals surface area (Å²) in [5.41, 5.74) is 2.16. The predicted molar refractivity (Wildman–Crippen MR) is 75.1 cm³/mol. The number of ether oxygens (including phenoxy) is 1. The highest BCUT2D eigenvalue weighted by Crippen LogP contribution is 2.36. The maximum atomic E-state index is 12.7. The molecule has 0 bridgehead atoms. The zero-order chi connectivity index (χ0) is 13.2. The molecule has 3 nitrogen and oxygen atoms in total. The van der Waals surface area contributed by atoms with Gasteiger partial charge in [-0.15, -0.1) is 11.3 Å². The summed E-state index contributed by atoms with van der Waals surface area (Å²) in [5, 5.41) is 1.90. The summed E-state index contributed by atoms with van der Waals surface area (Å²) in [7, 11) is 1.60. The van der Waals surface area contributed by atoms with E-state index in [0.717, 1.165) is 25.0 Å². The number of carbonyl (C=O) groups excluding carboxylic acids is 1. The van der Waals surface area contributed by atoms with Gasteiger partial charge in [-0.2, -0.15) is 0 Å². The predicted octanol–water partition coefficient (Wildman–Crippen LogP) is 3.45. The summed E-state index contributed by atoms with van der Waals surface area (Å²) in [6, 6.07) is 5.87. The lowest BCUT2D eigenvalue weighted by atomic mass is 9.83. The Hall–Kier alpha value is -1.68. The van der Waals surface area contributed by atoms with Crippen molar-refractivity contribution < 1.29 is 9.53 Å². The number of hydrogen-bond acceptors (Lipinski definition) is 4. The third-order valence-electron chi connectivity index (χ3n) is 3.58. The number of methoxy groups -OCH3 is 1. The fraction of sp³-hybridized carbons (Fsp3) is 0.333. The Morgan fingerprint density at radius 3 is 3.21 bits per heavy atom. The van der Waals surface area contributed by atoms with Crippen LogP contribution >= 0.6 is 11.3 Å². The van der Waals surface area contributed by atoms with Crippen LogP contribution in [-0.2, 0) is 6.42 Å². The summed E-state index contributed by atoms with van der Waals surface area (Å²) >= 11 is 1.45. The first-order valence-electron chi connectivity index (χ1n) is 6.40. The molecule has 2 aromatic heterocycles. The van der Waals surface area contributed by atoms with Crippen molar-refractivity contribution >= 4 is 17.1 Å². The summed E-state index contributed by atoms with van der Waals surface area (Å²) in [5.74, 6) is 0.710. The fourth-order valence-corrected chi connectivity index (χ4v) is 3.51. The Bertz CT molecular complexity index is 606. The number of aromatic nitrogens is 1. The van der Waals surface area contributed by atoms with Crippen molar-refractivity contribution in [2.45, 2.75) is 25.2 Å². The molecule has 0 aromatic carbocycles. The minimum Gasteiger partial charge on any atom is -0.495 e. The number of aryl methyl sites for hydroxylation is 1. The summed E-state index contributed by atoms with van der Waals surface area (Å²) in [6.07, 6.45) is 4.72. The largest absolute Gasteiger partial charge is 0.495 e. The molecule has 1 aliphatic carbocycles. The second-order valence-corrected chi connectivity index (χ2v) is 5.59. The summed E-state index contributed by atoms with van der Waals surface area (Å²) in [6.45, 7) is 0. The van der Waals surface area contributed by atoms with Gasteiger partial charge in [0.2, 0.25) is 0 Å². The molecule has 98 valence electrons. The number of thiophene rings is 1. The average Bonchev–Trinajstić information content (AvgIpc) is 2.94. The average molecular weight is 273 g/mol. The van der Waals surface area contributed by atoms with Crippen LogP contribution in [0, 0.1) is 0 Å². The van der Waals surface area contributed by atoms with Crippen molar-refractivity contribution in [3.8, 4) is 5.75 Å². The van der Waals surface area contributed by atoms with Crippen LogP contribution in [0.3, 0.4) is 0 Å². The standard InChI is InChI=1S/C15H15NO2S/c1-18-12-7-9-19-15(12)14(17)11-6-2-4-10-5-3-8-16-13(10)11/h3,5,7-9,11H,2,4,6H2,1H3. The topological polar surface area (TPSA) is 39.2 Å². The van der Waals surface area contributed by atoms with Crippen LogP contribution in [0.1, 0.15) is 39.7 Å². The lowest BCUT2D eigenvalue weighted by Crippen LogP contribution is -2.19. The molecule has 0 spiro atoms. The van der Waals surface area contributed by atoms with E-state index in [4.69, 9.17) is 4.74 Å². The summed E-state index contributed by atoms with van der Waals surface area (Å²) < 4.78 is 5.25. The highest BCUT2D eigenvalue weighted by atomic mass is 32.1. The molecule has 0 N–H and O–H groups in total. The highest BCUT2D eigenvalue weighted by molar-refractivity contribution is 7.12. The Balaban J connectivity index is 1.98. The third kappa shape index (κ3) is 2.16. The lowest BCUT2D eigenvalue weighted by Gasteiger charge is -2.22.